The van der Waals surface area contributed by atoms with Crippen LogP contribution in [0.3, 0.4) is 0 Å². The highest BCUT2D eigenvalue weighted by Crippen LogP contribution is 2.24. The van der Waals surface area contributed by atoms with E-state index in [9.17, 15) is 4.79 Å². The SMILES string of the molecule is Cc1ccc(CCCNC(=O)C(C)Sc2ccc(Cl)cc2)cc1. The zero-order valence-electron chi connectivity index (χ0n) is 13.5. The van der Waals surface area contributed by atoms with Gasteiger partial charge in [0.15, 0.2) is 0 Å². The first-order chi connectivity index (χ1) is 11.0. The predicted molar refractivity (Wildman–Crippen MR) is 99.3 cm³/mol. The van der Waals surface area contributed by atoms with E-state index in [1.54, 1.807) is 11.8 Å². The highest BCUT2D eigenvalue weighted by Gasteiger charge is 2.13. The van der Waals surface area contributed by atoms with Crippen LogP contribution in [0.5, 0.6) is 0 Å². The molecule has 0 aromatic heterocycles. The highest BCUT2D eigenvalue weighted by atomic mass is 35.5. The Bertz CT molecular complexity index is 625. The number of carbonyl (C=O) groups excluding carboxylic acids is 1. The monoisotopic (exact) mass is 347 g/mol. The Balaban J connectivity index is 1.69. The molecule has 0 spiro atoms. The van der Waals surface area contributed by atoms with Crippen LogP contribution in [0.1, 0.15) is 24.5 Å². The Morgan fingerprint density at radius 1 is 1.13 bits per heavy atom. The van der Waals surface area contributed by atoms with Crippen LogP contribution in [-0.2, 0) is 11.2 Å². The van der Waals surface area contributed by atoms with Gasteiger partial charge in [0.25, 0.3) is 0 Å². The molecule has 1 atom stereocenters. The average Bonchev–Trinajstić information content (AvgIpc) is 2.55. The quantitative estimate of drug-likeness (QED) is 0.571. The molecule has 0 fully saturated rings. The summed E-state index contributed by atoms with van der Waals surface area (Å²) in [5, 5.41) is 3.61. The van der Waals surface area contributed by atoms with E-state index in [-0.39, 0.29) is 11.2 Å². The van der Waals surface area contributed by atoms with Crippen molar-refractivity contribution in [2.45, 2.75) is 36.8 Å². The molecule has 2 aromatic carbocycles. The van der Waals surface area contributed by atoms with Gasteiger partial charge in [0.1, 0.15) is 0 Å². The molecule has 0 radical (unpaired) electrons. The molecule has 0 aliphatic heterocycles. The molecule has 0 aliphatic carbocycles. The number of amides is 1. The molecule has 1 N–H and O–H groups in total. The molecule has 0 heterocycles. The fourth-order valence-corrected chi connectivity index (χ4v) is 3.19. The van der Waals surface area contributed by atoms with E-state index in [2.05, 4.69) is 36.5 Å². The van der Waals surface area contributed by atoms with Gasteiger partial charge in [-0.1, -0.05) is 41.4 Å². The summed E-state index contributed by atoms with van der Waals surface area (Å²) in [6.45, 7) is 4.72. The second kappa shape index (κ2) is 8.99. The van der Waals surface area contributed by atoms with Crippen molar-refractivity contribution in [2.24, 2.45) is 0 Å². The minimum Gasteiger partial charge on any atom is -0.355 e. The average molecular weight is 348 g/mol. The van der Waals surface area contributed by atoms with Crippen molar-refractivity contribution in [2.75, 3.05) is 6.54 Å². The summed E-state index contributed by atoms with van der Waals surface area (Å²) >= 11 is 7.41. The standard InChI is InChI=1S/C19H22ClNOS/c1-14-5-7-16(8-6-14)4-3-13-21-19(22)15(2)23-18-11-9-17(20)10-12-18/h5-12,15H,3-4,13H2,1-2H3,(H,21,22). The van der Waals surface area contributed by atoms with Crippen LogP contribution in [0, 0.1) is 6.92 Å². The maximum absolute atomic E-state index is 12.1. The zero-order chi connectivity index (χ0) is 16.7. The zero-order valence-corrected chi connectivity index (χ0v) is 15.1. The van der Waals surface area contributed by atoms with Crippen molar-refractivity contribution in [3.05, 3.63) is 64.7 Å². The van der Waals surface area contributed by atoms with Gasteiger partial charge >= 0.3 is 0 Å². The van der Waals surface area contributed by atoms with Crippen molar-refractivity contribution >= 4 is 29.3 Å². The summed E-state index contributed by atoms with van der Waals surface area (Å²) in [6, 6.07) is 16.1. The van der Waals surface area contributed by atoms with E-state index in [1.807, 2.05) is 31.2 Å². The van der Waals surface area contributed by atoms with Crippen LogP contribution in [0.4, 0.5) is 0 Å². The third-order valence-electron chi connectivity index (χ3n) is 3.56. The Labute approximate surface area is 147 Å². The highest BCUT2D eigenvalue weighted by molar-refractivity contribution is 8.00. The molecule has 122 valence electrons. The molecule has 0 bridgehead atoms. The predicted octanol–water partition coefficient (Wildman–Crippen LogP) is 4.88. The molecule has 0 saturated heterocycles. The lowest BCUT2D eigenvalue weighted by atomic mass is 10.1. The normalized spacial score (nSPS) is 12.0. The third-order valence-corrected chi connectivity index (χ3v) is 4.92. The fraction of sp³-hybridized carbons (Fsp3) is 0.316. The maximum atomic E-state index is 12.1. The van der Waals surface area contributed by atoms with Crippen LogP contribution < -0.4 is 5.32 Å². The van der Waals surface area contributed by atoms with Gasteiger partial charge < -0.3 is 5.32 Å². The first kappa shape index (κ1) is 17.9. The summed E-state index contributed by atoms with van der Waals surface area (Å²) in [5.74, 6) is 0.0776. The molecule has 0 aliphatic rings. The molecule has 2 aromatic rings. The summed E-state index contributed by atoms with van der Waals surface area (Å²) in [4.78, 5) is 13.2. The van der Waals surface area contributed by atoms with Gasteiger partial charge in [0, 0.05) is 16.5 Å². The first-order valence-corrected chi connectivity index (χ1v) is 9.06. The second-order valence-electron chi connectivity index (χ2n) is 5.59. The Morgan fingerprint density at radius 3 is 2.43 bits per heavy atom. The topological polar surface area (TPSA) is 29.1 Å². The Hall–Kier alpha value is -1.45. The van der Waals surface area contributed by atoms with Gasteiger partial charge in [0.05, 0.1) is 5.25 Å². The third kappa shape index (κ3) is 6.28. The lowest BCUT2D eigenvalue weighted by Gasteiger charge is -2.12. The van der Waals surface area contributed by atoms with Gasteiger partial charge in [0.2, 0.25) is 5.91 Å². The summed E-state index contributed by atoms with van der Waals surface area (Å²) in [6.07, 6.45) is 1.94. The van der Waals surface area contributed by atoms with Crippen molar-refractivity contribution in [1.82, 2.24) is 5.32 Å². The smallest absolute Gasteiger partial charge is 0.233 e. The van der Waals surface area contributed by atoms with Gasteiger partial charge in [-0.3, -0.25) is 4.79 Å². The van der Waals surface area contributed by atoms with Crippen molar-refractivity contribution < 1.29 is 4.79 Å². The largest absolute Gasteiger partial charge is 0.355 e. The number of carbonyl (C=O) groups is 1. The maximum Gasteiger partial charge on any atom is 0.233 e. The number of hydrogen-bond donors (Lipinski definition) is 1. The Kier molecular flexibility index (Phi) is 7.00. The molecule has 1 amide bonds. The van der Waals surface area contributed by atoms with Crippen molar-refractivity contribution in [1.29, 1.82) is 0 Å². The molecule has 2 nitrogen and oxygen atoms in total. The number of thioether (sulfide) groups is 1. The van der Waals surface area contributed by atoms with Crippen LogP contribution in [-0.4, -0.2) is 17.7 Å². The molecular weight excluding hydrogens is 326 g/mol. The molecule has 23 heavy (non-hydrogen) atoms. The minimum atomic E-state index is -0.115. The van der Waals surface area contributed by atoms with E-state index in [0.717, 1.165) is 17.7 Å². The summed E-state index contributed by atoms with van der Waals surface area (Å²) < 4.78 is 0. The van der Waals surface area contributed by atoms with Crippen molar-refractivity contribution in [3.8, 4) is 0 Å². The van der Waals surface area contributed by atoms with E-state index in [0.29, 0.717) is 11.6 Å². The van der Waals surface area contributed by atoms with E-state index >= 15 is 0 Å². The second-order valence-corrected chi connectivity index (χ2v) is 7.44. The van der Waals surface area contributed by atoms with Gasteiger partial charge in [-0.2, -0.15) is 0 Å². The molecule has 2 rings (SSSR count). The molecule has 1 unspecified atom stereocenters. The van der Waals surface area contributed by atoms with Gasteiger partial charge in [-0.15, -0.1) is 11.8 Å². The lowest BCUT2D eigenvalue weighted by molar-refractivity contribution is -0.120. The molecular formula is C19H22ClNOS. The van der Waals surface area contributed by atoms with Crippen LogP contribution in [0.25, 0.3) is 0 Å². The molecule has 4 heteroatoms. The summed E-state index contributed by atoms with van der Waals surface area (Å²) in [5.41, 5.74) is 2.59. The van der Waals surface area contributed by atoms with E-state index < -0.39 is 0 Å². The molecule has 0 saturated carbocycles. The van der Waals surface area contributed by atoms with Crippen LogP contribution in [0.2, 0.25) is 5.02 Å². The van der Waals surface area contributed by atoms with Gasteiger partial charge in [-0.05, 0) is 56.5 Å². The number of rotatable bonds is 7. The number of benzene rings is 2. The number of aryl methyl sites for hydroxylation is 2. The number of nitrogens with one attached hydrogen (secondary N) is 1. The van der Waals surface area contributed by atoms with Crippen LogP contribution >= 0.6 is 23.4 Å². The van der Waals surface area contributed by atoms with Gasteiger partial charge in [-0.25, -0.2) is 0 Å². The lowest BCUT2D eigenvalue weighted by Crippen LogP contribution is -2.31. The van der Waals surface area contributed by atoms with Crippen LogP contribution in [0.15, 0.2) is 53.4 Å². The minimum absolute atomic E-state index is 0.0776. The number of hydrogen-bond acceptors (Lipinski definition) is 2. The fourth-order valence-electron chi connectivity index (χ4n) is 2.17. The van der Waals surface area contributed by atoms with Crippen molar-refractivity contribution in [3.63, 3.8) is 0 Å². The number of halogens is 1. The first-order valence-electron chi connectivity index (χ1n) is 7.80. The van der Waals surface area contributed by atoms with E-state index in [1.165, 1.54) is 11.1 Å². The van der Waals surface area contributed by atoms with E-state index in [4.69, 9.17) is 11.6 Å². The summed E-state index contributed by atoms with van der Waals surface area (Å²) in [7, 11) is 0. The Morgan fingerprint density at radius 2 is 1.78 bits per heavy atom.